The first-order valence-corrected chi connectivity index (χ1v) is 11.6. The zero-order chi connectivity index (χ0) is 23.6. The van der Waals surface area contributed by atoms with Crippen LogP contribution < -0.4 is 5.32 Å². The number of esters is 1. The Morgan fingerprint density at radius 1 is 0.742 bits per heavy atom. The average Bonchev–Trinajstić information content (AvgIpc) is 2.73. The van der Waals surface area contributed by atoms with Crippen molar-refractivity contribution in [3.63, 3.8) is 0 Å². The molecule has 0 aliphatic carbocycles. The lowest BCUT2D eigenvalue weighted by Gasteiger charge is -2.17. The van der Waals surface area contributed by atoms with Gasteiger partial charge in [-0.15, -0.1) is 0 Å². The third kappa shape index (κ3) is 28.7. The van der Waals surface area contributed by atoms with Crippen molar-refractivity contribution in [1.82, 2.24) is 10.2 Å². The minimum absolute atomic E-state index is 0.0376. The van der Waals surface area contributed by atoms with Crippen LogP contribution in [-0.4, -0.2) is 96.4 Å². The first-order valence-electron chi connectivity index (χ1n) is 11.6. The number of aliphatic carboxylic acids is 1. The number of hydrogen-bond acceptors (Lipinski definition) is 8. The van der Waals surface area contributed by atoms with E-state index in [1.54, 1.807) is 4.90 Å². The molecule has 9 nitrogen and oxygen atoms in total. The Labute approximate surface area is 187 Å². The lowest BCUT2D eigenvalue weighted by Crippen LogP contribution is -2.32. The number of unbranched alkanes of at least 4 members (excludes halogenated alkanes) is 9. The Morgan fingerprint density at radius 2 is 1.19 bits per heavy atom. The fraction of sp³-hybridized carbons (Fsp3) is 0.909. The van der Waals surface area contributed by atoms with Gasteiger partial charge >= 0.3 is 11.9 Å². The molecule has 0 aliphatic heterocycles. The van der Waals surface area contributed by atoms with Crippen molar-refractivity contribution < 1.29 is 34.8 Å². The molecule has 0 atom stereocenters. The standard InChI is InChI=1S/C16H31NO4.C6H15NO3/c1-2-3-4-5-6-7-8-9-10-11-12-21-16(20)14-17-13-15(18)19;8-4-1-7(2-5-9)3-6-10/h17H,2-14H2,1H3,(H,18,19);8-10H,1-6H2. The first-order chi connectivity index (χ1) is 15.0. The molecule has 0 saturated heterocycles. The highest BCUT2D eigenvalue weighted by Crippen LogP contribution is 2.10. The number of carbonyl (C=O) groups excluding carboxylic acids is 1. The Hall–Kier alpha value is -1.26. The Kier molecular flexibility index (Phi) is 27.6. The molecule has 0 unspecified atom stereocenters. The number of nitrogens with one attached hydrogen (secondary N) is 1. The molecule has 0 radical (unpaired) electrons. The maximum absolute atomic E-state index is 11.2. The van der Waals surface area contributed by atoms with Gasteiger partial charge in [-0.25, -0.2) is 0 Å². The van der Waals surface area contributed by atoms with Gasteiger partial charge in [-0.2, -0.15) is 0 Å². The highest BCUT2D eigenvalue weighted by Gasteiger charge is 2.03. The first kappa shape index (κ1) is 31.9. The van der Waals surface area contributed by atoms with Crippen LogP contribution in [0.15, 0.2) is 0 Å². The van der Waals surface area contributed by atoms with E-state index in [1.807, 2.05) is 0 Å². The van der Waals surface area contributed by atoms with Crippen LogP contribution in [0.25, 0.3) is 0 Å². The van der Waals surface area contributed by atoms with Crippen LogP contribution in [0.1, 0.15) is 71.1 Å². The highest BCUT2D eigenvalue weighted by molar-refractivity contribution is 5.73. The van der Waals surface area contributed by atoms with E-state index in [9.17, 15) is 9.59 Å². The van der Waals surface area contributed by atoms with Crippen LogP contribution in [-0.2, 0) is 14.3 Å². The molecule has 0 aliphatic rings. The number of ether oxygens (including phenoxy) is 1. The minimum atomic E-state index is -0.975. The maximum Gasteiger partial charge on any atom is 0.319 e. The van der Waals surface area contributed by atoms with E-state index in [2.05, 4.69) is 12.2 Å². The number of carbonyl (C=O) groups is 2. The van der Waals surface area contributed by atoms with Crippen LogP contribution in [0.5, 0.6) is 0 Å². The van der Waals surface area contributed by atoms with E-state index in [0.717, 1.165) is 12.8 Å². The summed E-state index contributed by atoms with van der Waals surface area (Å²) in [4.78, 5) is 23.2. The monoisotopic (exact) mass is 450 g/mol. The van der Waals surface area contributed by atoms with Crippen molar-refractivity contribution in [2.75, 3.05) is 59.2 Å². The SMILES string of the molecule is CCCCCCCCCCCCOC(=O)CNCC(=O)O.OCCN(CCO)CCO. The molecule has 9 heteroatoms. The van der Waals surface area contributed by atoms with E-state index in [0.29, 0.717) is 26.2 Å². The molecule has 31 heavy (non-hydrogen) atoms. The molecule has 0 spiro atoms. The molecule has 0 bridgehead atoms. The van der Waals surface area contributed by atoms with Crippen LogP contribution >= 0.6 is 0 Å². The second kappa shape index (κ2) is 26.8. The summed E-state index contributed by atoms with van der Waals surface area (Å²) in [5.41, 5.74) is 0. The Balaban J connectivity index is 0. The topological polar surface area (TPSA) is 140 Å². The van der Waals surface area contributed by atoms with Crippen molar-refractivity contribution >= 4 is 11.9 Å². The minimum Gasteiger partial charge on any atom is -0.480 e. The molecule has 0 saturated carbocycles. The number of rotatable bonds is 21. The fourth-order valence-corrected chi connectivity index (χ4v) is 2.86. The summed E-state index contributed by atoms with van der Waals surface area (Å²) < 4.78 is 5.00. The summed E-state index contributed by atoms with van der Waals surface area (Å²) >= 11 is 0. The van der Waals surface area contributed by atoms with Gasteiger partial charge in [-0.05, 0) is 6.42 Å². The van der Waals surface area contributed by atoms with Gasteiger partial charge in [0.2, 0.25) is 0 Å². The van der Waals surface area contributed by atoms with E-state index >= 15 is 0 Å². The van der Waals surface area contributed by atoms with E-state index in [-0.39, 0.29) is 38.9 Å². The molecule has 0 fully saturated rings. The van der Waals surface area contributed by atoms with Gasteiger partial charge in [0.05, 0.1) is 39.5 Å². The van der Waals surface area contributed by atoms with Crippen molar-refractivity contribution in [2.45, 2.75) is 71.1 Å². The van der Waals surface area contributed by atoms with Gasteiger partial charge in [0, 0.05) is 19.6 Å². The maximum atomic E-state index is 11.2. The number of nitrogens with zero attached hydrogens (tertiary/aromatic N) is 1. The quantitative estimate of drug-likeness (QED) is 0.130. The Morgan fingerprint density at radius 3 is 1.61 bits per heavy atom. The van der Waals surface area contributed by atoms with Crippen LogP contribution in [0.4, 0.5) is 0 Å². The average molecular weight is 451 g/mol. The number of carboxylic acid groups (broad SMARTS) is 1. The van der Waals surface area contributed by atoms with Gasteiger partial charge in [0.15, 0.2) is 0 Å². The van der Waals surface area contributed by atoms with Gasteiger partial charge in [0.1, 0.15) is 0 Å². The molecule has 0 aromatic rings. The molecule has 186 valence electrons. The van der Waals surface area contributed by atoms with Gasteiger partial charge in [-0.3, -0.25) is 19.8 Å². The van der Waals surface area contributed by atoms with Crippen molar-refractivity contribution in [3.8, 4) is 0 Å². The molecule has 5 N–H and O–H groups in total. The van der Waals surface area contributed by atoms with E-state index in [1.165, 1.54) is 51.4 Å². The number of aliphatic hydroxyl groups excluding tert-OH is 3. The largest absolute Gasteiger partial charge is 0.480 e. The van der Waals surface area contributed by atoms with Crippen molar-refractivity contribution in [3.05, 3.63) is 0 Å². The normalized spacial score (nSPS) is 10.6. The second-order valence-electron chi connectivity index (χ2n) is 7.41. The molecular weight excluding hydrogens is 404 g/mol. The van der Waals surface area contributed by atoms with Crippen molar-refractivity contribution in [2.24, 2.45) is 0 Å². The predicted molar refractivity (Wildman–Crippen MR) is 121 cm³/mol. The van der Waals surface area contributed by atoms with Crippen LogP contribution in [0.2, 0.25) is 0 Å². The zero-order valence-electron chi connectivity index (χ0n) is 19.4. The summed E-state index contributed by atoms with van der Waals surface area (Å²) in [6, 6.07) is 0. The molecule has 0 aromatic carbocycles. The fourth-order valence-electron chi connectivity index (χ4n) is 2.86. The van der Waals surface area contributed by atoms with Crippen molar-refractivity contribution in [1.29, 1.82) is 0 Å². The number of aliphatic hydroxyl groups is 3. The van der Waals surface area contributed by atoms with Crippen LogP contribution in [0.3, 0.4) is 0 Å². The van der Waals surface area contributed by atoms with E-state index < -0.39 is 5.97 Å². The summed E-state index contributed by atoms with van der Waals surface area (Å²) in [5.74, 6) is -1.36. The number of carboxylic acids is 1. The molecule has 0 amide bonds. The third-order valence-corrected chi connectivity index (χ3v) is 4.56. The van der Waals surface area contributed by atoms with Crippen LogP contribution in [0, 0.1) is 0 Å². The second-order valence-corrected chi connectivity index (χ2v) is 7.41. The molecule has 0 rings (SSSR count). The molecular formula is C22H46N2O7. The molecule has 0 heterocycles. The van der Waals surface area contributed by atoms with Gasteiger partial charge in [-0.1, -0.05) is 64.7 Å². The predicted octanol–water partition coefficient (Wildman–Crippen LogP) is 1.39. The van der Waals surface area contributed by atoms with Gasteiger partial charge in [0.25, 0.3) is 0 Å². The smallest absolute Gasteiger partial charge is 0.319 e. The number of hydrogen-bond donors (Lipinski definition) is 5. The van der Waals surface area contributed by atoms with Gasteiger partial charge < -0.3 is 25.2 Å². The van der Waals surface area contributed by atoms with E-state index in [4.69, 9.17) is 25.2 Å². The lowest BCUT2D eigenvalue weighted by molar-refractivity contribution is -0.142. The third-order valence-electron chi connectivity index (χ3n) is 4.56. The summed E-state index contributed by atoms with van der Waals surface area (Å²) in [5, 5.41) is 36.3. The lowest BCUT2D eigenvalue weighted by atomic mass is 10.1. The summed E-state index contributed by atoms with van der Waals surface area (Å²) in [6.45, 7) is 4.17. The zero-order valence-corrected chi connectivity index (χ0v) is 19.4. The molecule has 0 aromatic heterocycles. The summed E-state index contributed by atoms with van der Waals surface area (Å²) in [7, 11) is 0. The highest BCUT2D eigenvalue weighted by atomic mass is 16.5. The summed E-state index contributed by atoms with van der Waals surface area (Å²) in [6.07, 6.45) is 12.5. The Bertz CT molecular complexity index is 384.